The van der Waals surface area contributed by atoms with Gasteiger partial charge in [0, 0.05) is 18.6 Å². The summed E-state index contributed by atoms with van der Waals surface area (Å²) in [5.41, 5.74) is -3.05. The van der Waals surface area contributed by atoms with Crippen LogP contribution in [-0.4, -0.2) is 46.2 Å². The van der Waals surface area contributed by atoms with Gasteiger partial charge >= 0.3 is 5.97 Å². The summed E-state index contributed by atoms with van der Waals surface area (Å²) in [5.74, 6) is -1.18. The lowest BCUT2D eigenvalue weighted by Crippen LogP contribution is -2.61. The van der Waals surface area contributed by atoms with Crippen LogP contribution in [0.5, 0.6) is 0 Å². The number of rotatable bonds is 1. The molecule has 2 N–H and O–H groups in total. The van der Waals surface area contributed by atoms with Crippen molar-refractivity contribution in [3.8, 4) is 0 Å². The summed E-state index contributed by atoms with van der Waals surface area (Å²) in [6, 6.07) is 0. The minimum Gasteiger partial charge on any atom is -0.458 e. The summed E-state index contributed by atoms with van der Waals surface area (Å²) in [6.45, 7) is 7.18. The number of ether oxygens (including phenoxy) is 2. The molecule has 0 bridgehead atoms. The van der Waals surface area contributed by atoms with Crippen molar-refractivity contribution in [3.63, 3.8) is 0 Å². The summed E-state index contributed by atoms with van der Waals surface area (Å²) in [6.07, 6.45) is 3.83. The van der Waals surface area contributed by atoms with Crippen LogP contribution in [0.1, 0.15) is 26.7 Å². The summed E-state index contributed by atoms with van der Waals surface area (Å²) in [7, 11) is 1.51. The highest BCUT2D eigenvalue weighted by Crippen LogP contribution is 2.56. The lowest BCUT2D eigenvalue weighted by Gasteiger charge is -2.47. The molecule has 1 saturated heterocycles. The van der Waals surface area contributed by atoms with Gasteiger partial charge in [-0.1, -0.05) is 18.7 Å². The molecule has 0 radical (unpaired) electrons. The van der Waals surface area contributed by atoms with Gasteiger partial charge in [0.05, 0.1) is 17.1 Å². The highest BCUT2D eigenvalue weighted by molar-refractivity contribution is 5.91. The van der Waals surface area contributed by atoms with Crippen LogP contribution in [-0.2, 0) is 14.3 Å². The van der Waals surface area contributed by atoms with Gasteiger partial charge in [-0.25, -0.2) is 4.79 Å². The van der Waals surface area contributed by atoms with E-state index in [1.54, 1.807) is 26.0 Å². The van der Waals surface area contributed by atoms with Crippen molar-refractivity contribution in [1.82, 2.24) is 0 Å². The van der Waals surface area contributed by atoms with Gasteiger partial charge in [0.1, 0.15) is 11.7 Å². The number of hydrogen-bond donors (Lipinski definition) is 2. The second kappa shape index (κ2) is 4.18. The predicted molar refractivity (Wildman–Crippen MR) is 75.4 cm³/mol. The van der Waals surface area contributed by atoms with E-state index in [4.69, 9.17) is 9.47 Å². The minimum absolute atomic E-state index is 0.197. The Morgan fingerprint density at radius 2 is 2.05 bits per heavy atom. The van der Waals surface area contributed by atoms with E-state index in [-0.39, 0.29) is 5.92 Å². The number of fused-ring (bicyclic) bond motifs is 3. The lowest BCUT2D eigenvalue weighted by molar-refractivity contribution is -0.201. The third-order valence-corrected chi connectivity index (χ3v) is 5.56. The molecule has 1 aliphatic heterocycles. The first kappa shape index (κ1) is 14.8. The number of carbonyl (C=O) groups excluding carboxylic acids is 1. The number of esters is 1. The zero-order valence-electron chi connectivity index (χ0n) is 12.6. The molecule has 2 fully saturated rings. The van der Waals surface area contributed by atoms with E-state index in [0.29, 0.717) is 18.4 Å². The fraction of sp³-hybridized carbons (Fsp3) is 0.688. The van der Waals surface area contributed by atoms with Crippen molar-refractivity contribution in [2.24, 2.45) is 11.8 Å². The van der Waals surface area contributed by atoms with Gasteiger partial charge in [-0.2, -0.15) is 0 Å². The van der Waals surface area contributed by atoms with E-state index in [1.807, 2.05) is 0 Å². The standard InChI is InChI=1S/C16H22O5/c1-9-10-5-6-15(3,19)16(20-4)8-7-14(2,18)12(16)11(10)21-13(9)17/h7-8,10-12,18-19H,1,5-6H2,2-4H3/t10-,11-,12-,14-,15-,16-/m1/s1. The Hall–Kier alpha value is -1.17. The van der Waals surface area contributed by atoms with Crippen LogP contribution >= 0.6 is 0 Å². The smallest absolute Gasteiger partial charge is 0.334 e. The topological polar surface area (TPSA) is 76.0 Å². The van der Waals surface area contributed by atoms with Gasteiger partial charge in [-0.3, -0.25) is 0 Å². The molecular weight excluding hydrogens is 272 g/mol. The van der Waals surface area contributed by atoms with Gasteiger partial charge in [0.15, 0.2) is 0 Å². The molecule has 0 unspecified atom stereocenters. The largest absolute Gasteiger partial charge is 0.458 e. The molecule has 6 atom stereocenters. The van der Waals surface area contributed by atoms with Crippen molar-refractivity contribution in [2.75, 3.05) is 7.11 Å². The zero-order valence-corrected chi connectivity index (χ0v) is 12.6. The first-order valence-corrected chi connectivity index (χ1v) is 7.26. The predicted octanol–water partition coefficient (Wildman–Crippen LogP) is 0.951. The Kier molecular flexibility index (Phi) is 2.94. The molecule has 3 aliphatic rings. The van der Waals surface area contributed by atoms with Crippen molar-refractivity contribution in [3.05, 3.63) is 24.3 Å². The number of carbonyl (C=O) groups is 1. The number of methoxy groups -OCH3 is 1. The molecule has 5 heteroatoms. The van der Waals surface area contributed by atoms with Crippen molar-refractivity contribution >= 4 is 5.97 Å². The van der Waals surface area contributed by atoms with E-state index in [1.165, 1.54) is 7.11 Å². The summed E-state index contributed by atoms with van der Waals surface area (Å²) in [4.78, 5) is 11.9. The maximum Gasteiger partial charge on any atom is 0.334 e. The molecule has 0 spiro atoms. The Morgan fingerprint density at radius 1 is 1.38 bits per heavy atom. The highest BCUT2D eigenvalue weighted by Gasteiger charge is 2.67. The zero-order chi connectivity index (χ0) is 15.6. The maximum absolute atomic E-state index is 11.9. The fourth-order valence-corrected chi connectivity index (χ4v) is 4.34. The van der Waals surface area contributed by atoms with Crippen LogP contribution in [0.4, 0.5) is 0 Å². The average Bonchev–Trinajstić information content (AvgIpc) is 2.79. The highest BCUT2D eigenvalue weighted by atomic mass is 16.6. The maximum atomic E-state index is 11.9. The molecule has 5 nitrogen and oxygen atoms in total. The Bertz CT molecular complexity index is 533. The van der Waals surface area contributed by atoms with Gasteiger partial charge in [0.25, 0.3) is 0 Å². The van der Waals surface area contributed by atoms with Gasteiger partial charge in [-0.15, -0.1) is 0 Å². The van der Waals surface area contributed by atoms with Crippen molar-refractivity contribution < 1.29 is 24.5 Å². The van der Waals surface area contributed by atoms with Crippen molar-refractivity contribution in [2.45, 2.75) is 49.6 Å². The van der Waals surface area contributed by atoms with E-state index in [2.05, 4.69) is 6.58 Å². The molecule has 21 heavy (non-hydrogen) atoms. The van der Waals surface area contributed by atoms with Crippen LogP contribution < -0.4 is 0 Å². The van der Waals surface area contributed by atoms with Gasteiger partial charge in [-0.05, 0) is 26.7 Å². The van der Waals surface area contributed by atoms with Crippen LogP contribution in [0.3, 0.4) is 0 Å². The van der Waals surface area contributed by atoms with E-state index in [0.717, 1.165) is 0 Å². The fourth-order valence-electron chi connectivity index (χ4n) is 4.34. The molecule has 0 aromatic carbocycles. The third kappa shape index (κ3) is 1.71. The molecule has 2 aliphatic carbocycles. The molecule has 3 rings (SSSR count). The monoisotopic (exact) mass is 294 g/mol. The molecule has 116 valence electrons. The first-order valence-electron chi connectivity index (χ1n) is 7.26. The van der Waals surface area contributed by atoms with Crippen LogP contribution in [0.25, 0.3) is 0 Å². The first-order chi connectivity index (χ1) is 9.66. The van der Waals surface area contributed by atoms with Crippen LogP contribution in [0.15, 0.2) is 24.3 Å². The van der Waals surface area contributed by atoms with Crippen LogP contribution in [0.2, 0.25) is 0 Å². The molecular formula is C16H22O5. The summed E-state index contributed by atoms with van der Waals surface area (Å²) < 4.78 is 11.2. The van der Waals surface area contributed by atoms with Crippen molar-refractivity contribution in [1.29, 1.82) is 0 Å². The molecule has 1 heterocycles. The van der Waals surface area contributed by atoms with Crippen LogP contribution in [0, 0.1) is 11.8 Å². The quantitative estimate of drug-likeness (QED) is 0.428. The molecule has 0 amide bonds. The summed E-state index contributed by atoms with van der Waals surface area (Å²) in [5, 5.41) is 21.7. The van der Waals surface area contributed by atoms with E-state index < -0.39 is 34.8 Å². The number of hydrogen-bond acceptors (Lipinski definition) is 5. The Labute approximate surface area is 124 Å². The van der Waals surface area contributed by atoms with E-state index >= 15 is 0 Å². The average molecular weight is 294 g/mol. The third-order valence-electron chi connectivity index (χ3n) is 5.56. The summed E-state index contributed by atoms with van der Waals surface area (Å²) >= 11 is 0. The molecule has 0 aromatic rings. The Morgan fingerprint density at radius 3 is 2.67 bits per heavy atom. The molecule has 1 saturated carbocycles. The normalized spacial score (nSPS) is 52.3. The number of aliphatic hydroxyl groups is 2. The minimum atomic E-state index is -1.22. The molecule has 0 aromatic heterocycles. The second-order valence-corrected chi connectivity index (χ2v) is 6.85. The SMILES string of the molecule is C=C1C(=O)O[C@@H]2[C@@H]1CC[C@@](C)(O)[C@@]1(OC)C=C[C@@](C)(O)[C@@H]21. The van der Waals surface area contributed by atoms with Gasteiger partial charge in [0.2, 0.25) is 0 Å². The Balaban J connectivity index is 2.16. The van der Waals surface area contributed by atoms with E-state index in [9.17, 15) is 15.0 Å². The van der Waals surface area contributed by atoms with Gasteiger partial charge < -0.3 is 19.7 Å². The lowest BCUT2D eigenvalue weighted by atomic mass is 9.70. The second-order valence-electron chi connectivity index (χ2n) is 6.85.